The van der Waals surface area contributed by atoms with E-state index in [9.17, 15) is 9.18 Å². The molecule has 1 aromatic rings. The molecule has 0 saturated carbocycles. The maximum absolute atomic E-state index is 13.5. The fourth-order valence-electron chi connectivity index (χ4n) is 3.56. The summed E-state index contributed by atoms with van der Waals surface area (Å²) in [6.07, 6.45) is 3.79. The highest BCUT2D eigenvalue weighted by Crippen LogP contribution is 2.19. The molecule has 1 rings (SSSR count). The smallest absolute Gasteiger partial charge is 0.191 e. The van der Waals surface area contributed by atoms with Gasteiger partial charge < -0.3 is 4.48 Å². The minimum atomic E-state index is -0.222. The SMILES string of the molecule is CCC[N+](CC)(CCCCBr)CC(=O)Cc1c(C)cc(F)cc1C. The summed E-state index contributed by atoms with van der Waals surface area (Å²) in [6.45, 7) is 11.8. The largest absolute Gasteiger partial charge is 0.318 e. The average molecular weight is 401 g/mol. The summed E-state index contributed by atoms with van der Waals surface area (Å²) in [6, 6.07) is 3.05. The quantitative estimate of drug-likeness (QED) is 0.291. The van der Waals surface area contributed by atoms with Gasteiger partial charge in [0.15, 0.2) is 5.78 Å². The number of hydrogen-bond acceptors (Lipinski definition) is 1. The Morgan fingerprint density at radius 1 is 1.12 bits per heavy atom. The molecule has 0 aromatic heterocycles. The van der Waals surface area contributed by atoms with Crippen molar-refractivity contribution in [2.75, 3.05) is 31.5 Å². The fraction of sp³-hybridized carbons (Fsp3) is 0.650. The zero-order chi connectivity index (χ0) is 18.2. The second-order valence-corrected chi connectivity index (χ2v) is 7.69. The van der Waals surface area contributed by atoms with Crippen molar-refractivity contribution in [2.45, 2.75) is 53.4 Å². The van der Waals surface area contributed by atoms with Crippen LogP contribution in [0.25, 0.3) is 0 Å². The molecular weight excluding hydrogens is 369 g/mol. The highest BCUT2D eigenvalue weighted by atomic mass is 79.9. The third-order valence-corrected chi connectivity index (χ3v) is 5.49. The number of halogens is 2. The molecule has 136 valence electrons. The minimum absolute atomic E-state index is 0.222. The Hall–Kier alpha value is -0.740. The summed E-state index contributed by atoms with van der Waals surface area (Å²) >= 11 is 3.49. The molecule has 0 radical (unpaired) electrons. The van der Waals surface area contributed by atoms with Crippen LogP contribution < -0.4 is 0 Å². The fourth-order valence-corrected chi connectivity index (χ4v) is 3.96. The van der Waals surface area contributed by atoms with Gasteiger partial charge in [-0.25, -0.2) is 4.39 Å². The number of likely N-dealkylation sites (N-methyl/N-ethyl adjacent to an activating group) is 1. The van der Waals surface area contributed by atoms with E-state index in [4.69, 9.17) is 0 Å². The number of benzene rings is 1. The molecule has 1 atom stereocenters. The van der Waals surface area contributed by atoms with Crippen molar-refractivity contribution >= 4 is 21.7 Å². The van der Waals surface area contributed by atoms with Gasteiger partial charge in [-0.1, -0.05) is 22.9 Å². The Balaban J connectivity index is 2.84. The second-order valence-electron chi connectivity index (χ2n) is 6.89. The van der Waals surface area contributed by atoms with Gasteiger partial charge in [-0.2, -0.15) is 0 Å². The van der Waals surface area contributed by atoms with Gasteiger partial charge in [0.25, 0.3) is 0 Å². The summed E-state index contributed by atoms with van der Waals surface area (Å²) in [5.41, 5.74) is 2.75. The summed E-state index contributed by atoms with van der Waals surface area (Å²) in [4.78, 5) is 12.8. The van der Waals surface area contributed by atoms with Crippen molar-refractivity contribution in [1.29, 1.82) is 0 Å². The molecule has 0 aliphatic rings. The summed E-state index contributed by atoms with van der Waals surface area (Å²) in [5.74, 6) is 0.0441. The lowest BCUT2D eigenvalue weighted by Gasteiger charge is -2.37. The van der Waals surface area contributed by atoms with Gasteiger partial charge in [0.2, 0.25) is 0 Å². The molecule has 2 nitrogen and oxygen atoms in total. The van der Waals surface area contributed by atoms with Gasteiger partial charge in [0.1, 0.15) is 12.4 Å². The van der Waals surface area contributed by atoms with Crippen LogP contribution in [0.3, 0.4) is 0 Å². The number of nitrogens with zero attached hydrogens (tertiary/aromatic N) is 1. The molecule has 24 heavy (non-hydrogen) atoms. The molecule has 0 N–H and O–H groups in total. The first-order valence-electron chi connectivity index (χ1n) is 9.05. The summed E-state index contributed by atoms with van der Waals surface area (Å²) in [5, 5.41) is 1.02. The third-order valence-electron chi connectivity index (χ3n) is 4.93. The zero-order valence-electron chi connectivity index (χ0n) is 15.6. The lowest BCUT2D eigenvalue weighted by molar-refractivity contribution is -0.919. The van der Waals surface area contributed by atoms with E-state index in [0.717, 1.165) is 65.4 Å². The lowest BCUT2D eigenvalue weighted by atomic mass is 9.97. The second kappa shape index (κ2) is 10.3. The van der Waals surface area contributed by atoms with Crippen LogP contribution in [0.5, 0.6) is 0 Å². The summed E-state index contributed by atoms with van der Waals surface area (Å²) < 4.78 is 14.3. The van der Waals surface area contributed by atoms with Crippen LogP contribution in [0.1, 0.15) is 49.8 Å². The van der Waals surface area contributed by atoms with Gasteiger partial charge in [-0.15, -0.1) is 0 Å². The Bertz CT molecular complexity index is 523. The number of carbonyl (C=O) groups is 1. The summed E-state index contributed by atoms with van der Waals surface area (Å²) in [7, 11) is 0. The Morgan fingerprint density at radius 2 is 1.75 bits per heavy atom. The van der Waals surface area contributed by atoms with Gasteiger partial charge in [0, 0.05) is 11.8 Å². The van der Waals surface area contributed by atoms with Crippen LogP contribution in [-0.4, -0.2) is 41.8 Å². The van der Waals surface area contributed by atoms with E-state index < -0.39 is 0 Å². The highest BCUT2D eigenvalue weighted by molar-refractivity contribution is 9.09. The Labute approximate surface area is 155 Å². The molecule has 0 spiro atoms. The molecule has 4 heteroatoms. The first kappa shape index (κ1) is 21.3. The monoisotopic (exact) mass is 400 g/mol. The van der Waals surface area contributed by atoms with Crippen molar-refractivity contribution in [1.82, 2.24) is 0 Å². The first-order chi connectivity index (χ1) is 11.4. The number of alkyl halides is 1. The molecule has 0 aliphatic carbocycles. The lowest BCUT2D eigenvalue weighted by Crippen LogP contribution is -2.52. The van der Waals surface area contributed by atoms with Gasteiger partial charge in [0.05, 0.1) is 19.6 Å². The predicted octanol–water partition coefficient (Wildman–Crippen LogP) is 4.98. The number of Topliss-reactive ketones (excluding diaryl/α,β-unsaturated/α-hetero) is 1. The van der Waals surface area contributed by atoms with Crippen molar-refractivity contribution in [3.8, 4) is 0 Å². The van der Waals surface area contributed by atoms with Crippen LogP contribution in [0.15, 0.2) is 12.1 Å². The van der Waals surface area contributed by atoms with Crippen LogP contribution >= 0.6 is 15.9 Å². The predicted molar refractivity (Wildman–Crippen MR) is 103 cm³/mol. The van der Waals surface area contributed by atoms with Gasteiger partial charge in [-0.3, -0.25) is 4.79 Å². The molecule has 1 aromatic carbocycles. The van der Waals surface area contributed by atoms with Crippen LogP contribution in [0, 0.1) is 19.7 Å². The van der Waals surface area contributed by atoms with Crippen molar-refractivity contribution in [3.63, 3.8) is 0 Å². The van der Waals surface area contributed by atoms with Crippen molar-refractivity contribution in [3.05, 3.63) is 34.6 Å². The van der Waals surface area contributed by atoms with Crippen molar-refractivity contribution < 1.29 is 13.7 Å². The third kappa shape index (κ3) is 6.29. The normalized spacial score (nSPS) is 13.8. The molecule has 0 heterocycles. The first-order valence-corrected chi connectivity index (χ1v) is 10.2. The van der Waals surface area contributed by atoms with E-state index in [1.807, 2.05) is 13.8 Å². The number of ketones is 1. The number of quaternary nitrogens is 1. The zero-order valence-corrected chi connectivity index (χ0v) is 17.2. The highest BCUT2D eigenvalue weighted by Gasteiger charge is 2.27. The Morgan fingerprint density at radius 3 is 2.25 bits per heavy atom. The topological polar surface area (TPSA) is 17.1 Å². The molecule has 0 fully saturated rings. The molecule has 0 bridgehead atoms. The van der Waals surface area contributed by atoms with E-state index in [2.05, 4.69) is 29.8 Å². The van der Waals surface area contributed by atoms with E-state index in [-0.39, 0.29) is 11.6 Å². The standard InChI is InChI=1S/C20H32BrFNO/c1-5-10-23(6-2,11-8-7-9-21)15-19(24)14-20-16(3)12-18(22)13-17(20)4/h12-13H,5-11,14-15H2,1-4H3/q+1. The number of unbranched alkanes of at least 4 members (excludes halogenated alkanes) is 1. The Kier molecular flexibility index (Phi) is 9.14. The molecule has 0 amide bonds. The van der Waals surface area contributed by atoms with Crippen LogP contribution in [-0.2, 0) is 11.2 Å². The molecule has 0 saturated heterocycles. The van der Waals surface area contributed by atoms with Crippen LogP contribution in [0.2, 0.25) is 0 Å². The maximum Gasteiger partial charge on any atom is 0.191 e. The number of carbonyl (C=O) groups excluding carboxylic acids is 1. The van der Waals surface area contributed by atoms with Crippen molar-refractivity contribution in [2.24, 2.45) is 0 Å². The van der Waals surface area contributed by atoms with Gasteiger partial charge >= 0.3 is 0 Å². The van der Waals surface area contributed by atoms with E-state index in [0.29, 0.717) is 13.0 Å². The van der Waals surface area contributed by atoms with E-state index >= 15 is 0 Å². The number of rotatable bonds is 11. The van der Waals surface area contributed by atoms with E-state index in [1.54, 1.807) is 0 Å². The number of aryl methyl sites for hydroxylation is 2. The number of hydrogen-bond donors (Lipinski definition) is 0. The van der Waals surface area contributed by atoms with E-state index in [1.165, 1.54) is 12.1 Å². The molecule has 0 aliphatic heterocycles. The van der Waals surface area contributed by atoms with Crippen LogP contribution in [0.4, 0.5) is 4.39 Å². The molecule has 1 unspecified atom stereocenters. The van der Waals surface area contributed by atoms with Gasteiger partial charge in [-0.05, 0) is 68.9 Å². The maximum atomic E-state index is 13.5. The molecular formula is C20H32BrFNO+. The average Bonchev–Trinajstić information content (AvgIpc) is 2.51. The minimum Gasteiger partial charge on any atom is -0.318 e.